The molecular formula is C18H35KO2. The summed E-state index contributed by atoms with van der Waals surface area (Å²) in [5, 5.41) is 8.51. The van der Waals surface area contributed by atoms with Crippen LogP contribution in [0.15, 0.2) is 12.2 Å². The van der Waals surface area contributed by atoms with Gasteiger partial charge in [-0.05, 0) is 25.7 Å². The van der Waals surface area contributed by atoms with Gasteiger partial charge in [-0.1, -0.05) is 76.9 Å². The molecule has 0 unspecified atom stereocenters. The van der Waals surface area contributed by atoms with Crippen LogP contribution in [0.3, 0.4) is 0 Å². The fourth-order valence-corrected chi connectivity index (χ4v) is 2.33. The number of carbonyl (C=O) groups is 1. The minimum atomic E-state index is -0.659. The summed E-state index contributed by atoms with van der Waals surface area (Å²) in [5.41, 5.74) is 0. The zero-order valence-electron chi connectivity index (χ0n) is 13.4. The van der Waals surface area contributed by atoms with E-state index < -0.39 is 5.97 Å². The normalized spacial score (nSPS) is 10.7. The van der Waals surface area contributed by atoms with Crippen molar-refractivity contribution >= 4 is 57.4 Å². The summed E-state index contributed by atoms with van der Waals surface area (Å²) in [6.07, 6.45) is 21.2. The summed E-state index contributed by atoms with van der Waals surface area (Å²) in [4.78, 5) is 10.3. The third-order valence-corrected chi connectivity index (χ3v) is 3.65. The summed E-state index contributed by atoms with van der Waals surface area (Å²) in [6.45, 7) is 2.24. The van der Waals surface area contributed by atoms with Gasteiger partial charge in [-0.2, -0.15) is 0 Å². The fraction of sp³-hybridized carbons (Fsp3) is 0.833. The van der Waals surface area contributed by atoms with Crippen LogP contribution in [0.5, 0.6) is 0 Å². The van der Waals surface area contributed by atoms with Crippen LogP contribution < -0.4 is 0 Å². The molecule has 3 heteroatoms. The Labute approximate surface area is 174 Å². The monoisotopic (exact) mass is 322 g/mol. The number of hydrogen-bond donors (Lipinski definition) is 1. The van der Waals surface area contributed by atoms with Gasteiger partial charge in [-0.3, -0.25) is 4.79 Å². The summed E-state index contributed by atoms with van der Waals surface area (Å²) in [5.74, 6) is -0.659. The molecule has 0 atom stereocenters. The van der Waals surface area contributed by atoms with Crippen molar-refractivity contribution in [2.24, 2.45) is 0 Å². The second-order valence-electron chi connectivity index (χ2n) is 5.73. The number of carboxylic acids is 1. The number of carboxylic acid groups (broad SMARTS) is 1. The Balaban J connectivity index is 0. The number of allylic oxidation sites excluding steroid dienone is 2. The predicted octanol–water partition coefficient (Wildman–Crippen LogP) is 5.46. The molecule has 1 N–H and O–H groups in total. The van der Waals surface area contributed by atoms with Gasteiger partial charge in [0, 0.05) is 6.42 Å². The quantitative estimate of drug-likeness (QED) is 0.247. The standard InChI is InChI=1S/C18H34O2.K.H/c1-2-3-4-5-6-7-8-9-10-11-12-13-14-15-16-17-18(19)20;;/h5-6H,2-4,7-17H2,1H3,(H,19,20);;/b6-5-;;. The first-order valence-corrected chi connectivity index (χ1v) is 8.64. The zero-order valence-corrected chi connectivity index (χ0v) is 13.4. The Morgan fingerprint density at radius 3 is 1.67 bits per heavy atom. The predicted molar refractivity (Wildman–Crippen MR) is 94.2 cm³/mol. The second kappa shape index (κ2) is 20.8. The van der Waals surface area contributed by atoms with Gasteiger partial charge in [-0.15, -0.1) is 0 Å². The first kappa shape index (κ1) is 24.1. The molecule has 0 aromatic heterocycles. The zero-order chi connectivity index (χ0) is 14.9. The van der Waals surface area contributed by atoms with Crippen molar-refractivity contribution in [1.82, 2.24) is 0 Å². The van der Waals surface area contributed by atoms with Gasteiger partial charge in [0.25, 0.3) is 0 Å². The van der Waals surface area contributed by atoms with E-state index in [1.165, 1.54) is 70.6 Å². The van der Waals surface area contributed by atoms with Crippen molar-refractivity contribution < 1.29 is 9.90 Å². The third kappa shape index (κ3) is 23.2. The number of hydrogen-bond acceptors (Lipinski definition) is 1. The van der Waals surface area contributed by atoms with Crippen molar-refractivity contribution in [3.63, 3.8) is 0 Å². The van der Waals surface area contributed by atoms with Crippen LogP contribution in [0.25, 0.3) is 0 Å². The molecule has 0 heterocycles. The topological polar surface area (TPSA) is 37.3 Å². The third-order valence-electron chi connectivity index (χ3n) is 3.65. The van der Waals surface area contributed by atoms with E-state index in [9.17, 15) is 4.79 Å². The fourth-order valence-electron chi connectivity index (χ4n) is 2.33. The van der Waals surface area contributed by atoms with Crippen LogP contribution in [0, 0.1) is 0 Å². The van der Waals surface area contributed by atoms with E-state index in [-0.39, 0.29) is 51.4 Å². The number of rotatable bonds is 15. The molecule has 0 aliphatic carbocycles. The Kier molecular flexibility index (Phi) is 23.9. The van der Waals surface area contributed by atoms with E-state index in [0.717, 1.165) is 12.8 Å². The molecule has 0 aromatic carbocycles. The molecule has 0 radical (unpaired) electrons. The van der Waals surface area contributed by atoms with Crippen LogP contribution in [0.2, 0.25) is 0 Å². The molecule has 0 amide bonds. The Morgan fingerprint density at radius 1 is 0.762 bits per heavy atom. The summed E-state index contributed by atoms with van der Waals surface area (Å²) >= 11 is 0. The van der Waals surface area contributed by atoms with Gasteiger partial charge in [0.2, 0.25) is 0 Å². The molecular weight excluding hydrogens is 287 g/mol. The Bertz CT molecular complexity index is 239. The maximum atomic E-state index is 10.3. The second-order valence-corrected chi connectivity index (χ2v) is 5.73. The van der Waals surface area contributed by atoms with Crippen molar-refractivity contribution in [3.05, 3.63) is 12.2 Å². The molecule has 0 fully saturated rings. The first-order valence-electron chi connectivity index (χ1n) is 8.64. The SMILES string of the molecule is CCCC/C=C\CCCCCCCCCCCC(=O)O.[KH]. The van der Waals surface area contributed by atoms with Crippen molar-refractivity contribution in [3.8, 4) is 0 Å². The molecule has 0 saturated heterocycles. The van der Waals surface area contributed by atoms with Crippen molar-refractivity contribution in [1.29, 1.82) is 0 Å². The summed E-state index contributed by atoms with van der Waals surface area (Å²) < 4.78 is 0. The summed E-state index contributed by atoms with van der Waals surface area (Å²) in [7, 11) is 0. The maximum absolute atomic E-state index is 10.3. The number of unbranched alkanes of at least 4 members (excludes halogenated alkanes) is 11. The average Bonchev–Trinajstić information content (AvgIpc) is 2.43. The van der Waals surface area contributed by atoms with Crippen LogP contribution in [0.4, 0.5) is 0 Å². The van der Waals surface area contributed by atoms with Gasteiger partial charge in [0.15, 0.2) is 0 Å². The molecule has 21 heavy (non-hydrogen) atoms. The van der Waals surface area contributed by atoms with Gasteiger partial charge in [0.1, 0.15) is 0 Å². The minimum absolute atomic E-state index is 0. The molecule has 120 valence electrons. The molecule has 0 spiro atoms. The van der Waals surface area contributed by atoms with E-state index in [2.05, 4.69) is 19.1 Å². The van der Waals surface area contributed by atoms with E-state index in [4.69, 9.17) is 5.11 Å². The van der Waals surface area contributed by atoms with Crippen molar-refractivity contribution in [2.75, 3.05) is 0 Å². The molecule has 0 saturated carbocycles. The molecule has 0 bridgehead atoms. The average molecular weight is 323 g/mol. The van der Waals surface area contributed by atoms with E-state index in [1.807, 2.05) is 0 Å². The first-order chi connectivity index (χ1) is 9.77. The van der Waals surface area contributed by atoms with Crippen molar-refractivity contribution in [2.45, 2.75) is 96.8 Å². The molecule has 0 rings (SSSR count). The van der Waals surface area contributed by atoms with Crippen LogP contribution >= 0.6 is 0 Å². The molecule has 0 aromatic rings. The Hall–Kier alpha value is 0.846. The summed E-state index contributed by atoms with van der Waals surface area (Å²) in [6, 6.07) is 0. The van der Waals surface area contributed by atoms with Crippen LogP contribution in [0.1, 0.15) is 96.8 Å². The van der Waals surface area contributed by atoms with Gasteiger partial charge in [-0.25, -0.2) is 0 Å². The van der Waals surface area contributed by atoms with Gasteiger partial charge < -0.3 is 5.11 Å². The van der Waals surface area contributed by atoms with E-state index >= 15 is 0 Å². The van der Waals surface area contributed by atoms with Gasteiger partial charge in [0.05, 0.1) is 0 Å². The van der Waals surface area contributed by atoms with Gasteiger partial charge >= 0.3 is 57.4 Å². The van der Waals surface area contributed by atoms with E-state index in [1.54, 1.807) is 0 Å². The number of aliphatic carboxylic acids is 1. The molecule has 2 nitrogen and oxygen atoms in total. The molecule has 0 aliphatic heterocycles. The van der Waals surface area contributed by atoms with Crippen LogP contribution in [-0.4, -0.2) is 62.5 Å². The van der Waals surface area contributed by atoms with Crippen LogP contribution in [-0.2, 0) is 4.79 Å². The molecule has 0 aliphatic rings. The Morgan fingerprint density at radius 2 is 1.19 bits per heavy atom. The van der Waals surface area contributed by atoms with E-state index in [0.29, 0.717) is 6.42 Å².